The van der Waals surface area contributed by atoms with Crippen LogP contribution in [0.5, 0.6) is 0 Å². The number of alkyl halides is 3. The molecular formula is C19H15F3N2O3. The van der Waals surface area contributed by atoms with E-state index in [0.717, 1.165) is 12.1 Å². The topological polar surface area (TPSA) is 99.3 Å². The molecule has 0 radical (unpaired) electrons. The predicted molar refractivity (Wildman–Crippen MR) is 94.4 cm³/mol. The number of fused-ring (bicyclic) bond motifs is 1. The van der Waals surface area contributed by atoms with Crippen LogP contribution < -0.4 is 17.1 Å². The first-order valence-electron chi connectivity index (χ1n) is 7.95. The van der Waals surface area contributed by atoms with Crippen LogP contribution in [0.2, 0.25) is 0 Å². The van der Waals surface area contributed by atoms with Gasteiger partial charge in [0.15, 0.2) is 5.78 Å². The van der Waals surface area contributed by atoms with E-state index in [2.05, 4.69) is 0 Å². The van der Waals surface area contributed by atoms with E-state index < -0.39 is 40.1 Å². The van der Waals surface area contributed by atoms with Crippen LogP contribution in [0, 0.1) is 0 Å². The van der Waals surface area contributed by atoms with Gasteiger partial charge in [-0.2, -0.15) is 13.2 Å². The van der Waals surface area contributed by atoms with Gasteiger partial charge in [-0.15, -0.1) is 0 Å². The molecule has 3 aromatic rings. The van der Waals surface area contributed by atoms with Gasteiger partial charge in [-0.05, 0) is 24.1 Å². The fourth-order valence-corrected chi connectivity index (χ4v) is 2.88. The summed E-state index contributed by atoms with van der Waals surface area (Å²) in [5.74, 6) is -1.13. The summed E-state index contributed by atoms with van der Waals surface area (Å²) in [4.78, 5) is 24.9. The molecule has 3 rings (SSSR count). The monoisotopic (exact) mass is 376 g/mol. The number of carbonyl (C=O) groups excluding carboxylic acids is 1. The fourth-order valence-electron chi connectivity index (χ4n) is 2.88. The van der Waals surface area contributed by atoms with Crippen molar-refractivity contribution in [3.63, 3.8) is 0 Å². The minimum absolute atomic E-state index is 0.0177. The number of benzene rings is 2. The summed E-state index contributed by atoms with van der Waals surface area (Å²) in [6.07, 6.45) is -4.97. The van der Waals surface area contributed by atoms with Gasteiger partial charge in [0.1, 0.15) is 11.1 Å². The van der Waals surface area contributed by atoms with E-state index in [-0.39, 0.29) is 17.7 Å². The predicted octanol–water partition coefficient (Wildman–Crippen LogP) is 3.15. The van der Waals surface area contributed by atoms with Crippen molar-refractivity contribution in [1.29, 1.82) is 0 Å². The lowest BCUT2D eigenvalue weighted by Crippen LogP contribution is -2.37. The number of anilines is 1. The van der Waals surface area contributed by atoms with Crippen LogP contribution in [0.4, 0.5) is 18.9 Å². The summed E-state index contributed by atoms with van der Waals surface area (Å²) in [5, 5.41) is -0.424. The number of halogens is 3. The molecule has 0 spiro atoms. The Kier molecular flexibility index (Phi) is 4.75. The van der Waals surface area contributed by atoms with E-state index in [9.17, 15) is 22.8 Å². The second kappa shape index (κ2) is 6.88. The Balaban J connectivity index is 2.15. The minimum atomic E-state index is -4.96. The maximum absolute atomic E-state index is 13.7. The molecule has 1 aromatic heterocycles. The third-order valence-electron chi connectivity index (χ3n) is 4.10. The Bertz CT molecular complexity index is 1060. The van der Waals surface area contributed by atoms with Crippen LogP contribution in [0.3, 0.4) is 0 Å². The van der Waals surface area contributed by atoms with E-state index in [1.165, 1.54) is 6.07 Å². The van der Waals surface area contributed by atoms with Crippen molar-refractivity contribution in [3.05, 3.63) is 75.6 Å². The molecule has 0 bridgehead atoms. The maximum atomic E-state index is 13.7. The van der Waals surface area contributed by atoms with Gasteiger partial charge in [-0.1, -0.05) is 30.3 Å². The molecule has 4 N–H and O–H groups in total. The lowest BCUT2D eigenvalue weighted by atomic mass is 9.94. The normalized spacial score (nSPS) is 12.9. The highest BCUT2D eigenvalue weighted by atomic mass is 19.4. The average molecular weight is 376 g/mol. The molecule has 27 heavy (non-hydrogen) atoms. The molecule has 1 atom stereocenters. The molecule has 0 saturated carbocycles. The molecule has 0 aliphatic rings. The lowest BCUT2D eigenvalue weighted by Gasteiger charge is -2.16. The third-order valence-corrected chi connectivity index (χ3v) is 4.10. The van der Waals surface area contributed by atoms with E-state index in [1.807, 2.05) is 0 Å². The molecule has 0 unspecified atom stereocenters. The number of hydrogen-bond donors (Lipinski definition) is 2. The summed E-state index contributed by atoms with van der Waals surface area (Å²) in [5.41, 5.74) is 7.93. The SMILES string of the molecule is Nc1ccc2c(C(F)(F)F)c(C(=O)[C@@H](N)Cc3ccccc3)c(=O)oc2c1. The third kappa shape index (κ3) is 3.70. The summed E-state index contributed by atoms with van der Waals surface area (Å²) in [7, 11) is 0. The van der Waals surface area contributed by atoms with Crippen LogP contribution >= 0.6 is 0 Å². The number of nitrogens with two attached hydrogens (primary N) is 2. The standard InChI is InChI=1S/C19H15F3N2O3/c20-19(21,22)16-12-7-6-11(23)9-14(12)27-18(26)15(16)17(25)13(24)8-10-4-2-1-3-5-10/h1-7,9,13H,8,23-24H2/t13-/m0/s1. The minimum Gasteiger partial charge on any atom is -0.422 e. The molecule has 0 aliphatic heterocycles. The van der Waals surface area contributed by atoms with Gasteiger partial charge in [-0.25, -0.2) is 4.79 Å². The molecule has 0 aliphatic carbocycles. The molecular weight excluding hydrogens is 361 g/mol. The molecule has 0 fully saturated rings. The number of carbonyl (C=O) groups is 1. The van der Waals surface area contributed by atoms with Gasteiger partial charge in [0, 0.05) is 17.1 Å². The highest BCUT2D eigenvalue weighted by Crippen LogP contribution is 2.37. The molecule has 140 valence electrons. The summed E-state index contributed by atoms with van der Waals surface area (Å²) in [6, 6.07) is 10.6. The van der Waals surface area contributed by atoms with Crippen molar-refractivity contribution in [2.45, 2.75) is 18.6 Å². The second-order valence-corrected chi connectivity index (χ2v) is 6.05. The van der Waals surface area contributed by atoms with Crippen molar-refractivity contribution in [1.82, 2.24) is 0 Å². The first kappa shape index (κ1) is 18.7. The quantitative estimate of drug-likeness (QED) is 0.414. The van der Waals surface area contributed by atoms with Crippen LogP contribution in [-0.4, -0.2) is 11.8 Å². The van der Waals surface area contributed by atoms with Gasteiger partial charge in [0.25, 0.3) is 0 Å². The zero-order chi connectivity index (χ0) is 19.8. The van der Waals surface area contributed by atoms with Crippen LogP contribution in [0.25, 0.3) is 11.0 Å². The van der Waals surface area contributed by atoms with Crippen LogP contribution in [0.15, 0.2) is 57.7 Å². The second-order valence-electron chi connectivity index (χ2n) is 6.05. The number of ketones is 1. The Morgan fingerprint density at radius 2 is 1.78 bits per heavy atom. The molecule has 0 saturated heterocycles. The first-order valence-corrected chi connectivity index (χ1v) is 7.95. The Labute approximate surface area is 151 Å². The Morgan fingerprint density at radius 3 is 2.41 bits per heavy atom. The van der Waals surface area contributed by atoms with E-state index >= 15 is 0 Å². The largest absolute Gasteiger partial charge is 0.422 e. The zero-order valence-electron chi connectivity index (χ0n) is 13.9. The van der Waals surface area contributed by atoms with Gasteiger partial charge in [0.05, 0.1) is 11.6 Å². The number of Topliss-reactive ketones (excluding diaryl/α,β-unsaturated/α-hetero) is 1. The van der Waals surface area contributed by atoms with E-state index in [4.69, 9.17) is 15.9 Å². The summed E-state index contributed by atoms with van der Waals surface area (Å²) < 4.78 is 46.0. The van der Waals surface area contributed by atoms with Gasteiger partial charge in [0.2, 0.25) is 0 Å². The van der Waals surface area contributed by atoms with Crippen LogP contribution in [0.1, 0.15) is 21.5 Å². The number of hydrogen-bond acceptors (Lipinski definition) is 5. The lowest BCUT2D eigenvalue weighted by molar-refractivity contribution is -0.136. The van der Waals surface area contributed by atoms with Crippen molar-refractivity contribution in [3.8, 4) is 0 Å². The summed E-state index contributed by atoms with van der Waals surface area (Å²) >= 11 is 0. The molecule has 2 aromatic carbocycles. The zero-order valence-corrected chi connectivity index (χ0v) is 13.9. The highest BCUT2D eigenvalue weighted by Gasteiger charge is 2.41. The Morgan fingerprint density at radius 1 is 1.11 bits per heavy atom. The molecule has 0 amide bonds. The molecule has 8 heteroatoms. The van der Waals surface area contributed by atoms with Crippen molar-refractivity contribution in [2.24, 2.45) is 5.73 Å². The van der Waals surface area contributed by atoms with Gasteiger partial charge < -0.3 is 15.9 Å². The van der Waals surface area contributed by atoms with E-state index in [1.54, 1.807) is 30.3 Å². The number of rotatable bonds is 4. The average Bonchev–Trinajstić information content (AvgIpc) is 2.59. The van der Waals surface area contributed by atoms with E-state index in [0.29, 0.717) is 5.56 Å². The van der Waals surface area contributed by atoms with Crippen molar-refractivity contribution in [2.75, 3.05) is 5.73 Å². The van der Waals surface area contributed by atoms with Gasteiger partial charge >= 0.3 is 11.8 Å². The molecule has 1 heterocycles. The highest BCUT2D eigenvalue weighted by molar-refractivity contribution is 6.04. The maximum Gasteiger partial charge on any atom is 0.418 e. The first-order chi connectivity index (χ1) is 12.7. The van der Waals surface area contributed by atoms with Crippen molar-refractivity contribution >= 4 is 22.4 Å². The fraction of sp³-hybridized carbons (Fsp3) is 0.158. The Hall–Kier alpha value is -3.13. The van der Waals surface area contributed by atoms with Crippen molar-refractivity contribution < 1.29 is 22.4 Å². The van der Waals surface area contributed by atoms with Gasteiger partial charge in [-0.3, -0.25) is 4.79 Å². The number of nitrogen functional groups attached to an aromatic ring is 1. The molecule has 5 nitrogen and oxygen atoms in total. The smallest absolute Gasteiger partial charge is 0.418 e. The van der Waals surface area contributed by atoms with Crippen LogP contribution in [-0.2, 0) is 12.6 Å². The summed E-state index contributed by atoms with van der Waals surface area (Å²) in [6.45, 7) is 0.